The molecular weight excluding hydrogens is 342 g/mol. The van der Waals surface area contributed by atoms with Crippen LogP contribution in [0.15, 0.2) is 47.9 Å². The van der Waals surface area contributed by atoms with Gasteiger partial charge in [0.1, 0.15) is 0 Å². The summed E-state index contributed by atoms with van der Waals surface area (Å²) in [6.45, 7) is 0. The van der Waals surface area contributed by atoms with Crippen LogP contribution in [0.3, 0.4) is 0 Å². The third-order valence-corrected chi connectivity index (χ3v) is 4.48. The summed E-state index contributed by atoms with van der Waals surface area (Å²) in [7, 11) is -3.52. The molecule has 2 aromatic carbocycles. The number of rotatable bonds is 5. The number of hydrogen-bond acceptors (Lipinski definition) is 5. The lowest BCUT2D eigenvalue weighted by atomic mass is 10.2. The quantitative estimate of drug-likeness (QED) is 0.654. The number of aromatic hydroxyl groups is 1. The predicted octanol–water partition coefficient (Wildman–Crippen LogP) is 3.54. The monoisotopic (exact) mass is 353 g/mol. The number of phenolic OH excluding ortho intramolecular Hbond substituents is 1. The Morgan fingerprint density at radius 3 is 2.39 bits per heavy atom. The number of halogens is 1. The van der Waals surface area contributed by atoms with E-state index in [1.54, 1.807) is 24.3 Å². The second kappa shape index (κ2) is 6.80. The van der Waals surface area contributed by atoms with Crippen LogP contribution < -0.4 is 0 Å². The average Bonchev–Trinajstić information content (AvgIpc) is 2.47. The van der Waals surface area contributed by atoms with E-state index in [0.717, 1.165) is 17.5 Å². The molecule has 0 amide bonds. The second-order valence-electron chi connectivity index (χ2n) is 4.74. The molecule has 2 aromatic rings. The highest BCUT2D eigenvalue weighted by molar-refractivity contribution is 7.93. The summed E-state index contributed by atoms with van der Waals surface area (Å²) >= 11 is 5.74. The molecule has 0 atom stereocenters. The molecule has 0 aromatic heterocycles. The Morgan fingerprint density at radius 2 is 1.83 bits per heavy atom. The molecule has 0 heterocycles. The molecule has 2 rings (SSSR count). The maximum absolute atomic E-state index is 12.0. The molecule has 23 heavy (non-hydrogen) atoms. The van der Waals surface area contributed by atoms with Crippen LogP contribution in [0.2, 0.25) is 5.02 Å². The van der Waals surface area contributed by atoms with E-state index in [1.165, 1.54) is 12.1 Å². The first-order valence-electron chi connectivity index (χ1n) is 6.39. The van der Waals surface area contributed by atoms with Crippen LogP contribution in [-0.4, -0.2) is 18.4 Å². The van der Waals surface area contributed by atoms with Gasteiger partial charge in [0.2, 0.25) is 0 Å². The number of phenols is 1. The number of benzene rings is 2. The fourth-order valence-corrected chi connectivity index (χ4v) is 3.09. The van der Waals surface area contributed by atoms with Gasteiger partial charge >= 0.3 is 5.69 Å². The van der Waals surface area contributed by atoms with Gasteiger partial charge in [0.15, 0.2) is 15.6 Å². The van der Waals surface area contributed by atoms with E-state index in [1.807, 2.05) is 0 Å². The van der Waals surface area contributed by atoms with E-state index in [-0.39, 0.29) is 5.75 Å². The van der Waals surface area contributed by atoms with Gasteiger partial charge in [-0.05, 0) is 41.5 Å². The molecule has 1 N–H and O–H groups in total. The molecule has 0 saturated heterocycles. The minimum absolute atomic E-state index is 0.195. The highest BCUT2D eigenvalue weighted by atomic mass is 35.5. The summed E-state index contributed by atoms with van der Waals surface area (Å²) in [6, 6.07) is 10.0. The zero-order chi connectivity index (χ0) is 17.0. The fraction of sp³-hybridized carbons (Fsp3) is 0.0667. The Labute approximate surface area is 137 Å². The largest absolute Gasteiger partial charge is 0.502 e. The van der Waals surface area contributed by atoms with E-state index in [2.05, 4.69) is 0 Å². The molecule has 0 aliphatic carbocycles. The molecule has 8 heteroatoms. The Hall–Kier alpha value is -2.38. The number of nitro benzene ring substituents is 1. The number of hydrogen-bond donors (Lipinski definition) is 1. The standard InChI is InChI=1S/C15H12ClNO5S/c16-13-4-1-12(2-5-13)10-23(21,22)8-7-11-3-6-14(17(19)20)15(18)9-11/h1-9,18H,10H2. The van der Waals surface area contributed by atoms with E-state index in [0.29, 0.717) is 16.1 Å². The van der Waals surface area contributed by atoms with Gasteiger partial charge in [-0.3, -0.25) is 10.1 Å². The lowest BCUT2D eigenvalue weighted by molar-refractivity contribution is -0.385. The van der Waals surface area contributed by atoms with Crippen molar-refractivity contribution >= 4 is 33.2 Å². The zero-order valence-electron chi connectivity index (χ0n) is 11.7. The van der Waals surface area contributed by atoms with Gasteiger partial charge in [-0.1, -0.05) is 23.7 Å². The molecule has 6 nitrogen and oxygen atoms in total. The van der Waals surface area contributed by atoms with Crippen LogP contribution in [-0.2, 0) is 15.6 Å². The average molecular weight is 354 g/mol. The van der Waals surface area contributed by atoms with E-state index < -0.39 is 26.2 Å². The molecule has 0 spiro atoms. The lowest BCUT2D eigenvalue weighted by Gasteiger charge is -2.01. The molecule has 0 aliphatic heterocycles. The first kappa shape index (κ1) is 17.0. The summed E-state index contributed by atoms with van der Waals surface area (Å²) < 4.78 is 24.1. The topological polar surface area (TPSA) is 97.5 Å². The summed E-state index contributed by atoms with van der Waals surface area (Å²) in [5.41, 5.74) is 0.490. The van der Waals surface area contributed by atoms with E-state index in [9.17, 15) is 23.6 Å². The first-order valence-corrected chi connectivity index (χ1v) is 8.49. The predicted molar refractivity (Wildman–Crippen MR) is 87.9 cm³/mol. The van der Waals surface area contributed by atoms with E-state index in [4.69, 9.17) is 11.6 Å². The summed E-state index contributed by atoms with van der Waals surface area (Å²) in [4.78, 5) is 9.88. The molecule has 0 unspecified atom stereocenters. The highest BCUT2D eigenvalue weighted by Crippen LogP contribution is 2.27. The normalized spacial score (nSPS) is 11.7. The second-order valence-corrected chi connectivity index (χ2v) is 7.06. The van der Waals surface area contributed by atoms with Crippen LogP contribution >= 0.6 is 11.6 Å². The Morgan fingerprint density at radius 1 is 1.17 bits per heavy atom. The van der Waals surface area contributed by atoms with E-state index >= 15 is 0 Å². The summed E-state index contributed by atoms with van der Waals surface area (Å²) in [6.07, 6.45) is 1.27. The number of sulfone groups is 1. The molecule has 0 bridgehead atoms. The van der Waals surface area contributed by atoms with Gasteiger partial charge in [-0.15, -0.1) is 0 Å². The van der Waals surface area contributed by atoms with Crippen LogP contribution in [0, 0.1) is 10.1 Å². The zero-order valence-corrected chi connectivity index (χ0v) is 13.3. The van der Waals surface area contributed by atoms with Gasteiger partial charge < -0.3 is 5.11 Å². The van der Waals surface area contributed by atoms with Crippen molar-refractivity contribution in [3.8, 4) is 5.75 Å². The van der Waals surface area contributed by atoms with Crippen LogP contribution in [0.25, 0.3) is 6.08 Å². The minimum atomic E-state index is -3.52. The number of nitrogens with zero attached hydrogens (tertiary/aromatic N) is 1. The Balaban J connectivity index is 2.16. The van der Waals surface area contributed by atoms with Gasteiger partial charge in [0.05, 0.1) is 10.7 Å². The van der Waals surface area contributed by atoms with Crippen molar-refractivity contribution in [2.45, 2.75) is 5.75 Å². The van der Waals surface area contributed by atoms with Crippen molar-refractivity contribution in [1.82, 2.24) is 0 Å². The Bertz CT molecular complexity index is 860. The smallest absolute Gasteiger partial charge is 0.310 e. The van der Waals surface area contributed by atoms with Gasteiger partial charge in [-0.25, -0.2) is 8.42 Å². The maximum Gasteiger partial charge on any atom is 0.310 e. The SMILES string of the molecule is O=[N+]([O-])c1ccc(C=CS(=O)(=O)Cc2ccc(Cl)cc2)cc1O. The third-order valence-electron chi connectivity index (χ3n) is 2.95. The van der Waals surface area contributed by atoms with Crippen molar-refractivity contribution in [3.05, 3.63) is 74.1 Å². The molecule has 120 valence electrons. The molecular formula is C15H12ClNO5S. The van der Waals surface area contributed by atoms with Crippen LogP contribution in [0.4, 0.5) is 5.69 Å². The first-order chi connectivity index (χ1) is 10.8. The van der Waals surface area contributed by atoms with Crippen LogP contribution in [0.1, 0.15) is 11.1 Å². The van der Waals surface area contributed by atoms with Crippen molar-refractivity contribution in [3.63, 3.8) is 0 Å². The molecule has 0 saturated carbocycles. The van der Waals surface area contributed by atoms with Crippen molar-refractivity contribution in [2.24, 2.45) is 0 Å². The van der Waals surface area contributed by atoms with Gasteiger partial charge in [-0.2, -0.15) is 0 Å². The summed E-state index contributed by atoms with van der Waals surface area (Å²) in [5, 5.41) is 21.6. The number of nitro groups is 1. The third kappa shape index (κ3) is 4.80. The lowest BCUT2D eigenvalue weighted by Crippen LogP contribution is -1.99. The highest BCUT2D eigenvalue weighted by Gasteiger charge is 2.13. The summed E-state index contributed by atoms with van der Waals surface area (Å²) in [5.74, 6) is -0.716. The molecule has 0 aliphatic rings. The van der Waals surface area contributed by atoms with Crippen molar-refractivity contribution in [2.75, 3.05) is 0 Å². The Kier molecular flexibility index (Phi) is 5.02. The maximum atomic E-state index is 12.0. The van der Waals surface area contributed by atoms with Gasteiger partial charge in [0.25, 0.3) is 0 Å². The molecule has 0 fully saturated rings. The van der Waals surface area contributed by atoms with Crippen LogP contribution in [0.5, 0.6) is 5.75 Å². The van der Waals surface area contributed by atoms with Crippen molar-refractivity contribution in [1.29, 1.82) is 0 Å². The van der Waals surface area contributed by atoms with Crippen molar-refractivity contribution < 1.29 is 18.4 Å². The molecule has 0 radical (unpaired) electrons. The fourth-order valence-electron chi connectivity index (χ4n) is 1.84. The minimum Gasteiger partial charge on any atom is -0.502 e. The van der Waals surface area contributed by atoms with Gasteiger partial charge in [0, 0.05) is 16.5 Å².